The molecule has 1 amide bonds. The van der Waals surface area contributed by atoms with E-state index in [0.717, 1.165) is 37.1 Å². The number of halogens is 1. The molecule has 2 aromatic carbocycles. The lowest BCUT2D eigenvalue weighted by Crippen LogP contribution is -2.30. The Morgan fingerprint density at radius 1 is 1.27 bits per heavy atom. The van der Waals surface area contributed by atoms with Crippen molar-refractivity contribution in [1.82, 2.24) is 19.9 Å². The molecule has 6 nitrogen and oxygen atoms in total. The van der Waals surface area contributed by atoms with Crippen LogP contribution in [0.5, 0.6) is 0 Å². The quantitative estimate of drug-likeness (QED) is 0.170. The summed E-state index contributed by atoms with van der Waals surface area (Å²) in [6.07, 6.45) is 8.05. The Hall–Kier alpha value is -3.68. The van der Waals surface area contributed by atoms with Gasteiger partial charge in [-0.05, 0) is 67.5 Å². The molecule has 2 aromatic heterocycles. The standard InChI is InChI=1S/C30H33FN4O2/c1-19-26(32-20(2)30(19)31)18-35(15-14-23-17-34(3)27-7-5-4-6-24(23)27)28-12-10-22-16-21(8-11-25(22)28)9-13-29(36)33-37/h4-9,11,13,16-17,28,32,37H,10,12,14-15,18H2,1-3H3,(H,33,36)/b13-9+. The fraction of sp³-hybridized carbons (Fsp3) is 0.300. The molecule has 2 heterocycles. The highest BCUT2D eigenvalue weighted by atomic mass is 19.1. The Labute approximate surface area is 216 Å². The molecule has 0 bridgehead atoms. The maximum Gasteiger partial charge on any atom is 0.267 e. The van der Waals surface area contributed by atoms with Crippen LogP contribution in [-0.4, -0.2) is 32.1 Å². The molecule has 0 radical (unpaired) electrons. The Balaban J connectivity index is 1.43. The van der Waals surface area contributed by atoms with Gasteiger partial charge in [0.1, 0.15) is 5.82 Å². The zero-order valence-corrected chi connectivity index (χ0v) is 21.5. The lowest BCUT2D eigenvalue weighted by Gasteiger charge is -2.30. The number of fused-ring (bicyclic) bond motifs is 2. The van der Waals surface area contributed by atoms with Gasteiger partial charge >= 0.3 is 0 Å². The van der Waals surface area contributed by atoms with Gasteiger partial charge in [0.25, 0.3) is 5.91 Å². The second-order valence-corrected chi connectivity index (χ2v) is 9.99. The highest BCUT2D eigenvalue weighted by molar-refractivity contribution is 5.90. The van der Waals surface area contributed by atoms with Gasteiger partial charge < -0.3 is 9.55 Å². The molecule has 0 fully saturated rings. The number of nitrogens with zero attached hydrogens (tertiary/aromatic N) is 2. The van der Waals surface area contributed by atoms with Crippen LogP contribution in [0.15, 0.2) is 54.7 Å². The first-order chi connectivity index (χ1) is 17.9. The van der Waals surface area contributed by atoms with E-state index in [2.05, 4.69) is 64.1 Å². The van der Waals surface area contributed by atoms with Crippen molar-refractivity contribution in [2.75, 3.05) is 6.54 Å². The number of aryl methyl sites for hydroxylation is 3. The molecular formula is C30H33FN4O2. The Kier molecular flexibility index (Phi) is 7.00. The Morgan fingerprint density at radius 3 is 2.84 bits per heavy atom. The van der Waals surface area contributed by atoms with Crippen LogP contribution < -0.4 is 5.48 Å². The Morgan fingerprint density at radius 2 is 2.08 bits per heavy atom. The van der Waals surface area contributed by atoms with Gasteiger partial charge in [0.05, 0.1) is 0 Å². The number of nitrogens with one attached hydrogen (secondary N) is 2. The summed E-state index contributed by atoms with van der Waals surface area (Å²) in [5.74, 6) is -0.707. The number of hydroxylamine groups is 1. The van der Waals surface area contributed by atoms with Gasteiger partial charge in [0.15, 0.2) is 0 Å². The number of hydrogen-bond acceptors (Lipinski definition) is 3. The van der Waals surface area contributed by atoms with E-state index >= 15 is 0 Å². The van der Waals surface area contributed by atoms with Crippen LogP contribution in [0, 0.1) is 19.7 Å². The zero-order valence-electron chi connectivity index (χ0n) is 21.5. The van der Waals surface area contributed by atoms with E-state index < -0.39 is 5.91 Å². The largest absolute Gasteiger partial charge is 0.359 e. The highest BCUT2D eigenvalue weighted by Gasteiger charge is 2.29. The van der Waals surface area contributed by atoms with Crippen molar-refractivity contribution in [3.05, 3.63) is 99.8 Å². The molecule has 192 valence electrons. The van der Waals surface area contributed by atoms with Crippen LogP contribution in [0.2, 0.25) is 0 Å². The number of aromatic nitrogens is 2. The number of para-hydroxylation sites is 1. The van der Waals surface area contributed by atoms with Crippen molar-refractivity contribution in [3.63, 3.8) is 0 Å². The number of carbonyl (C=O) groups is 1. The van der Waals surface area contributed by atoms with Crippen LogP contribution in [-0.2, 0) is 31.2 Å². The molecule has 1 unspecified atom stereocenters. The van der Waals surface area contributed by atoms with Crippen molar-refractivity contribution in [2.24, 2.45) is 7.05 Å². The molecule has 0 aliphatic heterocycles. The molecule has 1 aliphatic rings. The van der Waals surface area contributed by atoms with Gasteiger partial charge in [0.2, 0.25) is 0 Å². The second kappa shape index (κ2) is 10.4. The lowest BCUT2D eigenvalue weighted by molar-refractivity contribution is -0.124. The molecule has 0 spiro atoms. The minimum absolute atomic E-state index is 0.154. The molecule has 37 heavy (non-hydrogen) atoms. The number of amides is 1. The fourth-order valence-corrected chi connectivity index (χ4v) is 5.69. The molecule has 7 heteroatoms. The summed E-state index contributed by atoms with van der Waals surface area (Å²) in [4.78, 5) is 17.1. The zero-order chi connectivity index (χ0) is 26.1. The fourth-order valence-electron chi connectivity index (χ4n) is 5.69. The smallest absolute Gasteiger partial charge is 0.267 e. The van der Waals surface area contributed by atoms with Crippen molar-refractivity contribution in [3.8, 4) is 0 Å². The van der Waals surface area contributed by atoms with Gasteiger partial charge in [-0.25, -0.2) is 9.87 Å². The summed E-state index contributed by atoms with van der Waals surface area (Å²) in [5, 5.41) is 10.0. The molecular weight excluding hydrogens is 467 g/mol. The van der Waals surface area contributed by atoms with Gasteiger partial charge in [-0.1, -0.05) is 36.4 Å². The SMILES string of the molecule is Cc1[nH]c(CN(CCc2cn(C)c3ccccc23)C2CCc3cc(/C=C/C(=O)NO)ccc32)c(C)c1F. The summed E-state index contributed by atoms with van der Waals surface area (Å²) >= 11 is 0. The summed E-state index contributed by atoms with van der Waals surface area (Å²) in [5.41, 5.74) is 9.82. The molecule has 4 aromatic rings. The third kappa shape index (κ3) is 4.97. The first-order valence-corrected chi connectivity index (χ1v) is 12.7. The molecule has 3 N–H and O–H groups in total. The minimum Gasteiger partial charge on any atom is -0.359 e. The average molecular weight is 501 g/mol. The third-order valence-corrected chi connectivity index (χ3v) is 7.65. The average Bonchev–Trinajstić information content (AvgIpc) is 3.55. The summed E-state index contributed by atoms with van der Waals surface area (Å²) in [7, 11) is 2.08. The number of benzene rings is 2. The van der Waals surface area contributed by atoms with E-state index in [9.17, 15) is 9.18 Å². The van der Waals surface area contributed by atoms with Gasteiger partial charge in [-0.15, -0.1) is 0 Å². The van der Waals surface area contributed by atoms with E-state index in [1.165, 1.54) is 33.7 Å². The number of hydrogen-bond donors (Lipinski definition) is 3. The monoisotopic (exact) mass is 500 g/mol. The maximum absolute atomic E-state index is 14.5. The van der Waals surface area contributed by atoms with Crippen LogP contribution in [0.4, 0.5) is 4.39 Å². The van der Waals surface area contributed by atoms with E-state index in [1.807, 2.05) is 13.0 Å². The van der Waals surface area contributed by atoms with Crippen molar-refractivity contribution in [2.45, 2.75) is 45.7 Å². The van der Waals surface area contributed by atoms with E-state index in [0.29, 0.717) is 17.8 Å². The topological polar surface area (TPSA) is 73.3 Å². The maximum atomic E-state index is 14.5. The predicted molar refractivity (Wildman–Crippen MR) is 144 cm³/mol. The van der Waals surface area contributed by atoms with E-state index in [4.69, 9.17) is 5.21 Å². The van der Waals surface area contributed by atoms with Gasteiger partial charge in [0, 0.05) is 66.3 Å². The molecule has 0 saturated carbocycles. The number of H-pyrrole nitrogens is 1. The second-order valence-electron chi connectivity index (χ2n) is 9.99. The third-order valence-electron chi connectivity index (χ3n) is 7.65. The molecule has 1 aliphatic carbocycles. The first-order valence-electron chi connectivity index (χ1n) is 12.7. The van der Waals surface area contributed by atoms with Crippen LogP contribution >= 0.6 is 0 Å². The summed E-state index contributed by atoms with van der Waals surface area (Å²) in [6.45, 7) is 5.11. The van der Waals surface area contributed by atoms with Gasteiger partial charge in [-0.2, -0.15) is 0 Å². The first kappa shape index (κ1) is 25.0. The molecule has 1 atom stereocenters. The van der Waals surface area contributed by atoms with Crippen LogP contribution in [0.25, 0.3) is 17.0 Å². The minimum atomic E-state index is -0.554. The summed E-state index contributed by atoms with van der Waals surface area (Å²) < 4.78 is 16.7. The van der Waals surface area contributed by atoms with Crippen molar-refractivity contribution >= 4 is 22.9 Å². The highest BCUT2D eigenvalue weighted by Crippen LogP contribution is 2.38. The van der Waals surface area contributed by atoms with Gasteiger partial charge in [-0.3, -0.25) is 14.9 Å². The van der Waals surface area contributed by atoms with Crippen molar-refractivity contribution < 1.29 is 14.4 Å². The predicted octanol–water partition coefficient (Wildman–Crippen LogP) is 5.51. The summed E-state index contributed by atoms with van der Waals surface area (Å²) in [6, 6.07) is 15.0. The molecule has 0 saturated heterocycles. The molecule has 5 rings (SSSR count). The van der Waals surface area contributed by atoms with E-state index in [1.54, 1.807) is 18.5 Å². The number of aromatic amines is 1. The lowest BCUT2D eigenvalue weighted by atomic mass is 10.0. The van der Waals surface area contributed by atoms with Crippen LogP contribution in [0.1, 0.15) is 51.7 Å². The van der Waals surface area contributed by atoms with Crippen LogP contribution in [0.3, 0.4) is 0 Å². The normalized spacial score (nSPS) is 15.2. The number of rotatable bonds is 8. The number of carbonyl (C=O) groups excluding carboxylic acids is 1. The Bertz CT molecular complexity index is 1480. The van der Waals surface area contributed by atoms with E-state index in [-0.39, 0.29) is 11.9 Å². The van der Waals surface area contributed by atoms with Crippen molar-refractivity contribution in [1.29, 1.82) is 0 Å².